The first-order valence-corrected chi connectivity index (χ1v) is 5.04. The van der Waals surface area contributed by atoms with Gasteiger partial charge in [-0.2, -0.15) is 0 Å². The third-order valence-electron chi connectivity index (χ3n) is 1.37. The summed E-state index contributed by atoms with van der Waals surface area (Å²) >= 11 is 3.05. The minimum Gasteiger partial charge on any atom is -0.297 e. The van der Waals surface area contributed by atoms with Crippen LogP contribution in [0.5, 0.6) is 0 Å². The largest absolute Gasteiger partial charge is 0.297 e. The number of rotatable bonds is 2. The summed E-state index contributed by atoms with van der Waals surface area (Å²) in [6.07, 6.45) is 2.43. The standard InChI is InChI=1S/C8H5NOS2/c10-5-6-4-9-8(12-6)7-2-1-3-11-7/h1-5H. The Hall–Kier alpha value is -1.00. The first kappa shape index (κ1) is 7.64. The van der Waals surface area contributed by atoms with E-state index >= 15 is 0 Å². The summed E-state index contributed by atoms with van der Waals surface area (Å²) in [5.41, 5.74) is 0. The molecule has 0 amide bonds. The van der Waals surface area contributed by atoms with Crippen molar-refractivity contribution in [3.8, 4) is 9.88 Å². The molecule has 12 heavy (non-hydrogen) atoms. The third-order valence-corrected chi connectivity index (χ3v) is 3.33. The molecule has 60 valence electrons. The summed E-state index contributed by atoms with van der Waals surface area (Å²) in [6, 6.07) is 3.97. The van der Waals surface area contributed by atoms with E-state index in [1.807, 2.05) is 17.5 Å². The van der Waals surface area contributed by atoms with Crippen molar-refractivity contribution in [3.63, 3.8) is 0 Å². The summed E-state index contributed by atoms with van der Waals surface area (Å²) in [5.74, 6) is 0. The number of thiazole rings is 1. The van der Waals surface area contributed by atoms with Gasteiger partial charge in [-0.15, -0.1) is 22.7 Å². The van der Waals surface area contributed by atoms with Gasteiger partial charge in [-0.05, 0) is 11.4 Å². The number of aldehydes is 1. The van der Waals surface area contributed by atoms with Gasteiger partial charge in [0.1, 0.15) is 5.01 Å². The number of aromatic nitrogens is 1. The highest BCUT2D eigenvalue weighted by molar-refractivity contribution is 7.21. The van der Waals surface area contributed by atoms with E-state index in [4.69, 9.17) is 0 Å². The molecule has 4 heteroatoms. The highest BCUT2D eigenvalue weighted by Crippen LogP contribution is 2.27. The maximum Gasteiger partial charge on any atom is 0.161 e. The molecule has 0 aliphatic carbocycles. The Balaban J connectivity index is 2.41. The molecular weight excluding hydrogens is 190 g/mol. The van der Waals surface area contributed by atoms with Crippen molar-refractivity contribution >= 4 is 29.0 Å². The molecule has 0 aliphatic rings. The van der Waals surface area contributed by atoms with Crippen LogP contribution in [0.4, 0.5) is 0 Å². The molecule has 0 fully saturated rings. The lowest BCUT2D eigenvalue weighted by Crippen LogP contribution is -1.64. The monoisotopic (exact) mass is 195 g/mol. The molecule has 2 heterocycles. The Morgan fingerprint density at radius 2 is 2.42 bits per heavy atom. The molecule has 0 bridgehead atoms. The molecule has 0 saturated carbocycles. The SMILES string of the molecule is O=Cc1cnc(-c2cccs2)s1. The molecule has 2 nitrogen and oxygen atoms in total. The maximum absolute atomic E-state index is 10.4. The van der Waals surface area contributed by atoms with Crippen molar-refractivity contribution in [2.75, 3.05) is 0 Å². The van der Waals surface area contributed by atoms with Crippen LogP contribution in [0, 0.1) is 0 Å². The van der Waals surface area contributed by atoms with Crippen LogP contribution in [0.15, 0.2) is 23.7 Å². The van der Waals surface area contributed by atoms with Crippen molar-refractivity contribution in [2.45, 2.75) is 0 Å². The summed E-state index contributed by atoms with van der Waals surface area (Å²) in [4.78, 5) is 16.3. The predicted molar refractivity (Wildman–Crippen MR) is 50.8 cm³/mol. The molecule has 0 radical (unpaired) electrons. The van der Waals surface area contributed by atoms with Crippen molar-refractivity contribution in [1.29, 1.82) is 0 Å². The Morgan fingerprint density at radius 1 is 1.50 bits per heavy atom. The second-order valence-electron chi connectivity index (χ2n) is 2.16. The summed E-state index contributed by atoms with van der Waals surface area (Å²) < 4.78 is 0. The second-order valence-corrected chi connectivity index (χ2v) is 4.17. The zero-order chi connectivity index (χ0) is 8.39. The lowest BCUT2D eigenvalue weighted by molar-refractivity contribution is 0.112. The number of thiophene rings is 1. The van der Waals surface area contributed by atoms with Gasteiger partial charge in [0, 0.05) is 6.20 Å². The molecule has 2 aromatic heterocycles. The molecule has 0 unspecified atom stereocenters. The Labute approximate surface area is 77.5 Å². The van der Waals surface area contributed by atoms with E-state index in [2.05, 4.69) is 4.98 Å². The number of hydrogen-bond donors (Lipinski definition) is 0. The quantitative estimate of drug-likeness (QED) is 0.689. The number of carbonyl (C=O) groups excluding carboxylic acids is 1. The van der Waals surface area contributed by atoms with E-state index in [-0.39, 0.29) is 0 Å². The van der Waals surface area contributed by atoms with E-state index in [9.17, 15) is 4.79 Å². The zero-order valence-corrected chi connectivity index (χ0v) is 7.69. The van der Waals surface area contributed by atoms with E-state index in [1.54, 1.807) is 17.5 Å². The van der Waals surface area contributed by atoms with Crippen LogP contribution in [-0.4, -0.2) is 11.3 Å². The summed E-state index contributed by atoms with van der Waals surface area (Å²) in [6.45, 7) is 0. The van der Waals surface area contributed by atoms with Gasteiger partial charge in [0.05, 0.1) is 9.75 Å². The van der Waals surface area contributed by atoms with E-state index in [0.717, 1.165) is 16.2 Å². The maximum atomic E-state index is 10.4. The Bertz CT molecular complexity index is 377. The minimum atomic E-state index is 0.679. The minimum absolute atomic E-state index is 0.679. The molecule has 0 N–H and O–H groups in total. The first-order chi connectivity index (χ1) is 5.90. The molecular formula is C8H5NOS2. The van der Waals surface area contributed by atoms with Crippen LogP contribution in [0.2, 0.25) is 0 Å². The summed E-state index contributed by atoms with van der Waals surface area (Å²) in [5, 5.41) is 2.92. The Morgan fingerprint density at radius 3 is 3.00 bits per heavy atom. The fourth-order valence-corrected chi connectivity index (χ4v) is 2.39. The fraction of sp³-hybridized carbons (Fsp3) is 0. The van der Waals surface area contributed by atoms with E-state index in [0.29, 0.717) is 4.88 Å². The molecule has 0 aliphatic heterocycles. The van der Waals surface area contributed by atoms with Gasteiger partial charge in [-0.1, -0.05) is 6.07 Å². The predicted octanol–water partition coefficient (Wildman–Crippen LogP) is 2.68. The van der Waals surface area contributed by atoms with Crippen LogP contribution in [0.25, 0.3) is 9.88 Å². The lowest BCUT2D eigenvalue weighted by atomic mass is 10.5. The van der Waals surface area contributed by atoms with E-state index in [1.165, 1.54) is 11.3 Å². The molecule has 0 atom stereocenters. The van der Waals surface area contributed by atoms with Gasteiger partial charge in [-0.3, -0.25) is 4.79 Å². The van der Waals surface area contributed by atoms with Crippen LogP contribution in [-0.2, 0) is 0 Å². The van der Waals surface area contributed by atoms with E-state index < -0.39 is 0 Å². The van der Waals surface area contributed by atoms with Crippen molar-refractivity contribution in [1.82, 2.24) is 4.98 Å². The summed E-state index contributed by atoms with van der Waals surface area (Å²) in [7, 11) is 0. The van der Waals surface area contributed by atoms with Crippen molar-refractivity contribution in [3.05, 3.63) is 28.6 Å². The van der Waals surface area contributed by atoms with Crippen LogP contribution >= 0.6 is 22.7 Å². The topological polar surface area (TPSA) is 30.0 Å². The van der Waals surface area contributed by atoms with Crippen LogP contribution in [0.3, 0.4) is 0 Å². The first-order valence-electron chi connectivity index (χ1n) is 3.35. The molecule has 0 aromatic carbocycles. The average molecular weight is 195 g/mol. The normalized spacial score (nSPS) is 10.0. The molecule has 2 aromatic rings. The highest BCUT2D eigenvalue weighted by atomic mass is 32.1. The Kier molecular flexibility index (Phi) is 2.01. The lowest BCUT2D eigenvalue weighted by Gasteiger charge is -1.83. The molecule has 0 saturated heterocycles. The average Bonchev–Trinajstić information content (AvgIpc) is 2.75. The number of carbonyl (C=O) groups is 1. The van der Waals surface area contributed by atoms with Crippen LogP contribution in [0.1, 0.15) is 9.67 Å². The second kappa shape index (κ2) is 3.16. The van der Waals surface area contributed by atoms with Gasteiger partial charge >= 0.3 is 0 Å². The van der Waals surface area contributed by atoms with Gasteiger partial charge < -0.3 is 0 Å². The van der Waals surface area contributed by atoms with Crippen LogP contribution < -0.4 is 0 Å². The van der Waals surface area contributed by atoms with Gasteiger partial charge in [-0.25, -0.2) is 4.98 Å². The van der Waals surface area contributed by atoms with Gasteiger partial charge in [0.2, 0.25) is 0 Å². The zero-order valence-electron chi connectivity index (χ0n) is 6.06. The number of nitrogens with zero attached hydrogens (tertiary/aromatic N) is 1. The molecule has 2 rings (SSSR count). The van der Waals surface area contributed by atoms with Gasteiger partial charge in [0.25, 0.3) is 0 Å². The fourth-order valence-electron chi connectivity index (χ4n) is 0.855. The highest BCUT2D eigenvalue weighted by Gasteiger charge is 2.03. The number of hydrogen-bond acceptors (Lipinski definition) is 4. The smallest absolute Gasteiger partial charge is 0.161 e. The molecule has 0 spiro atoms. The van der Waals surface area contributed by atoms with Crippen molar-refractivity contribution < 1.29 is 4.79 Å². The van der Waals surface area contributed by atoms with Crippen molar-refractivity contribution in [2.24, 2.45) is 0 Å². The third kappa shape index (κ3) is 1.31. The van der Waals surface area contributed by atoms with Gasteiger partial charge in [0.15, 0.2) is 6.29 Å².